The van der Waals surface area contributed by atoms with Crippen LogP contribution in [0.5, 0.6) is 0 Å². The second kappa shape index (κ2) is 7.43. The molecule has 0 aromatic carbocycles. The summed E-state index contributed by atoms with van der Waals surface area (Å²) >= 11 is 0. The second-order valence-electron chi connectivity index (χ2n) is 4.09. The molecular weight excluding hydrogens is 190 g/mol. The molecule has 0 rings (SSSR count). The van der Waals surface area contributed by atoms with Crippen molar-refractivity contribution >= 4 is 11.7 Å². The van der Waals surface area contributed by atoms with Crippen LogP contribution in [0.4, 0.5) is 0 Å². The molecule has 1 N–H and O–H groups in total. The van der Waals surface area contributed by atoms with Gasteiger partial charge < -0.3 is 5.32 Å². The minimum absolute atomic E-state index is 0.00805. The third kappa shape index (κ3) is 5.55. The molecule has 0 bridgehead atoms. The quantitative estimate of drug-likeness (QED) is 0.705. The van der Waals surface area contributed by atoms with Crippen LogP contribution in [0.15, 0.2) is 0 Å². The minimum Gasteiger partial charge on any atom is -0.346 e. The fourth-order valence-corrected chi connectivity index (χ4v) is 1.40. The first kappa shape index (κ1) is 14.1. The van der Waals surface area contributed by atoms with Crippen molar-refractivity contribution in [2.75, 3.05) is 0 Å². The van der Waals surface area contributed by atoms with Crippen LogP contribution in [0.2, 0.25) is 0 Å². The van der Waals surface area contributed by atoms with Crippen molar-refractivity contribution in [1.29, 1.82) is 0 Å². The third-order valence-electron chi connectivity index (χ3n) is 2.74. The average molecular weight is 213 g/mol. The molecule has 0 aromatic heterocycles. The molecular formula is C12H23NO2. The van der Waals surface area contributed by atoms with Crippen LogP contribution in [-0.2, 0) is 9.59 Å². The highest BCUT2D eigenvalue weighted by Gasteiger charge is 2.18. The standard InChI is InChI=1S/C12H23NO2/c1-5-7-8-11(6-2)12(15)13-9(3)10(4)14/h9,11H,5-8H2,1-4H3,(H,13,15). The van der Waals surface area contributed by atoms with E-state index in [4.69, 9.17) is 0 Å². The van der Waals surface area contributed by atoms with E-state index >= 15 is 0 Å². The number of nitrogens with one attached hydrogen (secondary N) is 1. The smallest absolute Gasteiger partial charge is 0.223 e. The summed E-state index contributed by atoms with van der Waals surface area (Å²) in [5, 5.41) is 2.75. The van der Waals surface area contributed by atoms with E-state index in [1.165, 1.54) is 6.92 Å². The highest BCUT2D eigenvalue weighted by molar-refractivity contribution is 5.87. The number of unbranched alkanes of at least 4 members (excludes halogenated alkanes) is 1. The maximum atomic E-state index is 11.7. The number of amides is 1. The number of hydrogen-bond acceptors (Lipinski definition) is 2. The molecule has 0 aliphatic rings. The van der Waals surface area contributed by atoms with E-state index in [0.29, 0.717) is 0 Å². The van der Waals surface area contributed by atoms with Gasteiger partial charge in [0.05, 0.1) is 6.04 Å². The number of carbonyl (C=O) groups is 2. The molecule has 0 saturated carbocycles. The maximum Gasteiger partial charge on any atom is 0.223 e. The Hall–Kier alpha value is -0.860. The summed E-state index contributed by atoms with van der Waals surface area (Å²) < 4.78 is 0. The zero-order valence-corrected chi connectivity index (χ0v) is 10.3. The lowest BCUT2D eigenvalue weighted by Gasteiger charge is -2.17. The van der Waals surface area contributed by atoms with Crippen LogP contribution in [0.25, 0.3) is 0 Å². The molecule has 1 amide bonds. The Balaban J connectivity index is 4.09. The van der Waals surface area contributed by atoms with Gasteiger partial charge in [0.1, 0.15) is 0 Å². The SMILES string of the molecule is CCCCC(CC)C(=O)NC(C)C(C)=O. The van der Waals surface area contributed by atoms with Crippen molar-refractivity contribution in [3.63, 3.8) is 0 Å². The summed E-state index contributed by atoms with van der Waals surface area (Å²) in [4.78, 5) is 22.7. The third-order valence-corrected chi connectivity index (χ3v) is 2.74. The van der Waals surface area contributed by atoms with Gasteiger partial charge in [-0.1, -0.05) is 26.7 Å². The van der Waals surface area contributed by atoms with Gasteiger partial charge in [-0.25, -0.2) is 0 Å². The van der Waals surface area contributed by atoms with E-state index in [1.54, 1.807) is 6.92 Å². The predicted octanol–water partition coefficient (Wildman–Crippen LogP) is 2.30. The highest BCUT2D eigenvalue weighted by atomic mass is 16.2. The lowest BCUT2D eigenvalue weighted by molar-refractivity contribution is -0.129. The Kier molecular flexibility index (Phi) is 7.01. The van der Waals surface area contributed by atoms with Crippen molar-refractivity contribution in [3.05, 3.63) is 0 Å². The van der Waals surface area contributed by atoms with Gasteiger partial charge in [-0.2, -0.15) is 0 Å². The van der Waals surface area contributed by atoms with Crippen molar-refractivity contribution in [3.8, 4) is 0 Å². The molecule has 0 spiro atoms. The second-order valence-corrected chi connectivity index (χ2v) is 4.09. The number of ketones is 1. The van der Waals surface area contributed by atoms with E-state index in [1.807, 2.05) is 6.92 Å². The summed E-state index contributed by atoms with van der Waals surface area (Å²) in [6, 6.07) is -0.354. The molecule has 3 heteroatoms. The van der Waals surface area contributed by atoms with E-state index < -0.39 is 0 Å². The molecule has 0 saturated heterocycles. The molecule has 0 aromatic rings. The summed E-state index contributed by atoms with van der Waals surface area (Å²) in [5.41, 5.74) is 0. The van der Waals surface area contributed by atoms with E-state index in [9.17, 15) is 9.59 Å². The minimum atomic E-state index is -0.354. The molecule has 0 radical (unpaired) electrons. The number of Topliss-reactive ketones (excluding diaryl/α,β-unsaturated/α-hetero) is 1. The van der Waals surface area contributed by atoms with Crippen LogP contribution in [0, 0.1) is 5.92 Å². The molecule has 2 unspecified atom stereocenters. The van der Waals surface area contributed by atoms with Crippen LogP contribution >= 0.6 is 0 Å². The molecule has 0 fully saturated rings. The van der Waals surface area contributed by atoms with Gasteiger partial charge in [-0.15, -0.1) is 0 Å². The Morgan fingerprint density at radius 3 is 2.27 bits per heavy atom. The van der Waals surface area contributed by atoms with E-state index in [2.05, 4.69) is 12.2 Å². The van der Waals surface area contributed by atoms with Crippen molar-refractivity contribution in [1.82, 2.24) is 5.32 Å². The molecule has 0 heterocycles. The molecule has 3 nitrogen and oxygen atoms in total. The largest absolute Gasteiger partial charge is 0.346 e. The van der Waals surface area contributed by atoms with Gasteiger partial charge >= 0.3 is 0 Å². The molecule has 2 atom stereocenters. The van der Waals surface area contributed by atoms with E-state index in [-0.39, 0.29) is 23.7 Å². The highest BCUT2D eigenvalue weighted by Crippen LogP contribution is 2.12. The number of hydrogen-bond donors (Lipinski definition) is 1. The first-order valence-electron chi connectivity index (χ1n) is 5.83. The fourth-order valence-electron chi connectivity index (χ4n) is 1.40. The predicted molar refractivity (Wildman–Crippen MR) is 61.6 cm³/mol. The van der Waals surface area contributed by atoms with Crippen LogP contribution in [0.3, 0.4) is 0 Å². The van der Waals surface area contributed by atoms with Crippen LogP contribution < -0.4 is 5.32 Å². The Labute approximate surface area is 92.6 Å². The Bertz CT molecular complexity index is 214. The molecule has 0 aliphatic heterocycles. The normalized spacial score (nSPS) is 14.4. The van der Waals surface area contributed by atoms with Crippen LogP contribution in [0.1, 0.15) is 53.4 Å². The lowest BCUT2D eigenvalue weighted by Crippen LogP contribution is -2.40. The Morgan fingerprint density at radius 1 is 1.27 bits per heavy atom. The fraction of sp³-hybridized carbons (Fsp3) is 0.833. The lowest BCUT2D eigenvalue weighted by atomic mass is 9.98. The van der Waals surface area contributed by atoms with Gasteiger partial charge in [0.25, 0.3) is 0 Å². The first-order valence-corrected chi connectivity index (χ1v) is 5.83. The zero-order valence-electron chi connectivity index (χ0n) is 10.3. The van der Waals surface area contributed by atoms with Gasteiger partial charge in [-0.3, -0.25) is 9.59 Å². The maximum absolute atomic E-state index is 11.7. The van der Waals surface area contributed by atoms with Gasteiger partial charge in [0, 0.05) is 5.92 Å². The molecule has 0 aliphatic carbocycles. The van der Waals surface area contributed by atoms with Crippen molar-refractivity contribution in [2.45, 2.75) is 59.4 Å². The average Bonchev–Trinajstić information content (AvgIpc) is 2.18. The molecule has 88 valence electrons. The van der Waals surface area contributed by atoms with Gasteiger partial charge in [0.2, 0.25) is 5.91 Å². The summed E-state index contributed by atoms with van der Waals surface area (Å²) in [7, 11) is 0. The van der Waals surface area contributed by atoms with Gasteiger partial charge in [-0.05, 0) is 26.7 Å². The van der Waals surface area contributed by atoms with Crippen LogP contribution in [-0.4, -0.2) is 17.7 Å². The number of carbonyl (C=O) groups excluding carboxylic acids is 2. The van der Waals surface area contributed by atoms with Gasteiger partial charge in [0.15, 0.2) is 5.78 Å². The van der Waals surface area contributed by atoms with E-state index in [0.717, 1.165) is 25.7 Å². The summed E-state index contributed by atoms with van der Waals surface area (Å²) in [6.45, 7) is 7.35. The van der Waals surface area contributed by atoms with Crippen molar-refractivity contribution < 1.29 is 9.59 Å². The Morgan fingerprint density at radius 2 is 1.87 bits per heavy atom. The zero-order chi connectivity index (χ0) is 11.8. The molecule has 15 heavy (non-hydrogen) atoms. The first-order chi connectivity index (χ1) is 7.02. The topological polar surface area (TPSA) is 46.2 Å². The number of rotatable bonds is 7. The van der Waals surface area contributed by atoms with Crippen molar-refractivity contribution in [2.24, 2.45) is 5.92 Å². The summed E-state index contributed by atoms with van der Waals surface area (Å²) in [5.74, 6) is 0.0918. The summed E-state index contributed by atoms with van der Waals surface area (Å²) in [6.07, 6.45) is 3.94. The monoisotopic (exact) mass is 213 g/mol.